The number of nitrogens with two attached hydrogens (primary N) is 1. The first-order valence-corrected chi connectivity index (χ1v) is 5.90. The zero-order valence-corrected chi connectivity index (χ0v) is 9.11. The second kappa shape index (κ2) is 4.98. The van der Waals surface area contributed by atoms with Gasteiger partial charge in [-0.3, -0.25) is 11.3 Å². The van der Waals surface area contributed by atoms with Crippen LogP contribution in [0.25, 0.3) is 0 Å². The Morgan fingerprint density at radius 2 is 2.40 bits per heavy atom. The minimum Gasteiger partial charge on any atom is -0.375 e. The molecule has 0 radical (unpaired) electrons. The van der Waals surface area contributed by atoms with Crippen LogP contribution in [0.15, 0.2) is 0 Å². The standard InChI is InChI=1S/C12H20N2O/c1-2-3-4-5-11(14-13)10-8-9-6-7-12(10)15-9/h1,9-12,14H,3-8,13H2. The summed E-state index contributed by atoms with van der Waals surface area (Å²) < 4.78 is 5.84. The average Bonchev–Trinajstić information content (AvgIpc) is 2.86. The summed E-state index contributed by atoms with van der Waals surface area (Å²) in [5.41, 5.74) is 2.94. The normalized spacial score (nSPS) is 35.3. The first kappa shape index (κ1) is 10.9. The summed E-state index contributed by atoms with van der Waals surface area (Å²) in [4.78, 5) is 0. The molecule has 84 valence electrons. The van der Waals surface area contributed by atoms with E-state index in [4.69, 9.17) is 17.0 Å². The van der Waals surface area contributed by atoms with Crippen LogP contribution in [-0.2, 0) is 4.74 Å². The number of ether oxygens (including phenoxy) is 1. The van der Waals surface area contributed by atoms with Crippen LogP contribution in [0.1, 0.15) is 38.5 Å². The third kappa shape index (κ3) is 2.34. The van der Waals surface area contributed by atoms with Crippen LogP contribution in [0.5, 0.6) is 0 Å². The molecule has 4 atom stereocenters. The molecule has 0 aromatic rings. The summed E-state index contributed by atoms with van der Waals surface area (Å²) in [6.07, 6.45) is 12.8. The molecule has 2 saturated heterocycles. The Morgan fingerprint density at radius 3 is 2.93 bits per heavy atom. The van der Waals surface area contributed by atoms with Crippen molar-refractivity contribution < 1.29 is 4.74 Å². The van der Waals surface area contributed by atoms with E-state index in [0.717, 1.165) is 19.3 Å². The van der Waals surface area contributed by atoms with Crippen LogP contribution in [0, 0.1) is 18.3 Å². The molecule has 2 fully saturated rings. The first-order chi connectivity index (χ1) is 7.35. The van der Waals surface area contributed by atoms with Gasteiger partial charge in [0.25, 0.3) is 0 Å². The third-order valence-electron chi connectivity index (χ3n) is 3.72. The van der Waals surface area contributed by atoms with Gasteiger partial charge in [0.15, 0.2) is 0 Å². The Kier molecular flexibility index (Phi) is 3.63. The fourth-order valence-corrected chi connectivity index (χ4v) is 2.95. The molecule has 0 aromatic carbocycles. The Balaban J connectivity index is 1.82. The Morgan fingerprint density at radius 1 is 1.53 bits per heavy atom. The van der Waals surface area contributed by atoms with Crippen molar-refractivity contribution in [3.63, 3.8) is 0 Å². The molecule has 0 saturated carbocycles. The van der Waals surface area contributed by atoms with Gasteiger partial charge in [-0.15, -0.1) is 12.3 Å². The lowest BCUT2D eigenvalue weighted by Gasteiger charge is -2.27. The van der Waals surface area contributed by atoms with Crippen LogP contribution in [0.2, 0.25) is 0 Å². The summed E-state index contributed by atoms with van der Waals surface area (Å²) in [5, 5.41) is 0. The zero-order valence-electron chi connectivity index (χ0n) is 9.11. The van der Waals surface area contributed by atoms with E-state index in [0.29, 0.717) is 24.2 Å². The van der Waals surface area contributed by atoms with Gasteiger partial charge in [-0.1, -0.05) is 0 Å². The van der Waals surface area contributed by atoms with E-state index >= 15 is 0 Å². The van der Waals surface area contributed by atoms with Gasteiger partial charge < -0.3 is 4.74 Å². The quantitative estimate of drug-likeness (QED) is 0.309. The van der Waals surface area contributed by atoms with Crippen LogP contribution >= 0.6 is 0 Å². The third-order valence-corrected chi connectivity index (χ3v) is 3.72. The SMILES string of the molecule is C#CCCCC(NN)C1CC2CCC1O2. The number of nitrogens with one attached hydrogen (secondary N) is 1. The van der Waals surface area contributed by atoms with E-state index in [-0.39, 0.29) is 0 Å². The molecule has 3 N–H and O–H groups in total. The van der Waals surface area contributed by atoms with E-state index in [9.17, 15) is 0 Å². The number of rotatable bonds is 5. The van der Waals surface area contributed by atoms with Crippen molar-refractivity contribution in [2.24, 2.45) is 11.8 Å². The molecule has 3 heteroatoms. The van der Waals surface area contributed by atoms with Gasteiger partial charge in [0, 0.05) is 18.4 Å². The van der Waals surface area contributed by atoms with Crippen molar-refractivity contribution in [1.29, 1.82) is 0 Å². The summed E-state index contributed by atoms with van der Waals surface area (Å²) in [5.74, 6) is 8.88. The maximum atomic E-state index is 5.84. The predicted molar refractivity (Wildman–Crippen MR) is 59.8 cm³/mol. The molecule has 2 heterocycles. The van der Waals surface area contributed by atoms with E-state index < -0.39 is 0 Å². The fraction of sp³-hybridized carbons (Fsp3) is 0.833. The zero-order chi connectivity index (χ0) is 10.7. The van der Waals surface area contributed by atoms with E-state index in [2.05, 4.69) is 11.3 Å². The highest BCUT2D eigenvalue weighted by atomic mass is 16.5. The fourth-order valence-electron chi connectivity index (χ4n) is 2.95. The van der Waals surface area contributed by atoms with Gasteiger partial charge in [0.05, 0.1) is 12.2 Å². The minimum atomic E-state index is 0.383. The van der Waals surface area contributed by atoms with E-state index in [1.54, 1.807) is 0 Å². The Bertz CT molecular complexity index is 248. The largest absolute Gasteiger partial charge is 0.375 e. The molecule has 3 nitrogen and oxygen atoms in total. The monoisotopic (exact) mass is 208 g/mol. The molecule has 0 aliphatic carbocycles. The van der Waals surface area contributed by atoms with Crippen molar-refractivity contribution in [1.82, 2.24) is 5.43 Å². The average molecular weight is 208 g/mol. The summed E-state index contributed by atoms with van der Waals surface area (Å²) in [7, 11) is 0. The molecular weight excluding hydrogens is 188 g/mol. The van der Waals surface area contributed by atoms with Gasteiger partial charge in [-0.2, -0.15) is 0 Å². The molecule has 4 unspecified atom stereocenters. The molecule has 0 amide bonds. The number of hydrogen-bond acceptors (Lipinski definition) is 3. The highest BCUT2D eigenvalue weighted by molar-refractivity contribution is 4.95. The van der Waals surface area contributed by atoms with Gasteiger partial charge in [-0.05, 0) is 32.1 Å². The second-order valence-electron chi connectivity index (χ2n) is 4.64. The number of fused-ring (bicyclic) bond motifs is 2. The smallest absolute Gasteiger partial charge is 0.0624 e. The first-order valence-electron chi connectivity index (χ1n) is 5.90. The summed E-state index contributed by atoms with van der Waals surface area (Å²) in [6.45, 7) is 0. The number of unbranched alkanes of at least 4 members (excludes halogenated alkanes) is 1. The summed E-state index contributed by atoms with van der Waals surface area (Å²) in [6, 6.07) is 0.383. The van der Waals surface area contributed by atoms with E-state index in [1.807, 2.05) is 0 Å². The molecule has 0 spiro atoms. The van der Waals surface area contributed by atoms with Gasteiger partial charge >= 0.3 is 0 Å². The number of terminal acetylenes is 1. The van der Waals surface area contributed by atoms with Crippen LogP contribution in [0.4, 0.5) is 0 Å². The lowest BCUT2D eigenvalue weighted by Crippen LogP contribution is -2.44. The number of hydrazine groups is 1. The molecule has 15 heavy (non-hydrogen) atoms. The minimum absolute atomic E-state index is 0.383. The molecule has 2 rings (SSSR count). The van der Waals surface area contributed by atoms with E-state index in [1.165, 1.54) is 19.3 Å². The topological polar surface area (TPSA) is 47.3 Å². The molecule has 2 bridgehead atoms. The second-order valence-corrected chi connectivity index (χ2v) is 4.64. The van der Waals surface area contributed by atoms with Crippen molar-refractivity contribution >= 4 is 0 Å². The van der Waals surface area contributed by atoms with Gasteiger partial charge in [-0.25, -0.2) is 0 Å². The highest BCUT2D eigenvalue weighted by Gasteiger charge is 2.43. The number of hydrogen-bond donors (Lipinski definition) is 2. The lowest BCUT2D eigenvalue weighted by atomic mass is 9.82. The molecular formula is C12H20N2O. The van der Waals surface area contributed by atoms with Crippen LogP contribution < -0.4 is 11.3 Å². The molecule has 2 aliphatic rings. The van der Waals surface area contributed by atoms with Crippen LogP contribution in [-0.4, -0.2) is 18.2 Å². The highest BCUT2D eigenvalue weighted by Crippen LogP contribution is 2.41. The molecule has 2 aliphatic heterocycles. The van der Waals surface area contributed by atoms with Crippen LogP contribution in [0.3, 0.4) is 0 Å². The molecule has 0 aromatic heterocycles. The Hall–Kier alpha value is -0.560. The summed E-state index contributed by atoms with van der Waals surface area (Å²) >= 11 is 0. The van der Waals surface area contributed by atoms with Gasteiger partial charge in [0.1, 0.15) is 0 Å². The maximum absolute atomic E-state index is 5.84. The van der Waals surface area contributed by atoms with Crippen molar-refractivity contribution in [2.75, 3.05) is 0 Å². The van der Waals surface area contributed by atoms with Crippen molar-refractivity contribution in [3.8, 4) is 12.3 Å². The van der Waals surface area contributed by atoms with Crippen molar-refractivity contribution in [2.45, 2.75) is 56.8 Å². The van der Waals surface area contributed by atoms with Crippen molar-refractivity contribution in [3.05, 3.63) is 0 Å². The maximum Gasteiger partial charge on any atom is 0.0624 e. The predicted octanol–water partition coefficient (Wildman–Crippen LogP) is 1.19. The lowest BCUT2D eigenvalue weighted by molar-refractivity contribution is 0.0848. The van der Waals surface area contributed by atoms with Gasteiger partial charge in [0.2, 0.25) is 0 Å². The Labute approximate surface area is 91.7 Å².